The predicted molar refractivity (Wildman–Crippen MR) is 104 cm³/mol. The van der Waals surface area contributed by atoms with Crippen molar-refractivity contribution in [3.63, 3.8) is 0 Å². The Morgan fingerprint density at radius 2 is 2.07 bits per heavy atom. The number of thiophene rings is 1. The summed E-state index contributed by atoms with van der Waals surface area (Å²) in [7, 11) is 0. The number of carbonyl (C=O) groups excluding carboxylic acids is 1. The van der Waals surface area contributed by atoms with Crippen LogP contribution in [-0.2, 0) is 16.8 Å². The molecule has 1 aromatic heterocycles. The summed E-state index contributed by atoms with van der Waals surface area (Å²) in [4.78, 5) is 17.0. The van der Waals surface area contributed by atoms with Crippen molar-refractivity contribution >= 4 is 17.2 Å². The molecular formula is C21H28F2N2O2S. The minimum atomic E-state index is -2.41. The second kappa shape index (κ2) is 7.03. The summed E-state index contributed by atoms with van der Waals surface area (Å²) in [5, 5.41) is 3.14. The van der Waals surface area contributed by atoms with Crippen LogP contribution in [0.1, 0.15) is 65.1 Å². The van der Waals surface area contributed by atoms with Gasteiger partial charge >= 0.3 is 0 Å². The standard InChI is InChI=1S/C21H28F2N2O2S/c22-21(23)13-14(21)4-8-25-9-6-20(7-10-25)16-12-18(28-17(16)5-11-27-20)19(26)24-15-2-1-3-15/h12,14-15H,1-11,13H2,(H,24,26). The minimum Gasteiger partial charge on any atom is -0.370 e. The molecule has 1 atom stereocenters. The number of alkyl halides is 2. The van der Waals surface area contributed by atoms with Crippen molar-refractivity contribution < 1.29 is 18.3 Å². The number of likely N-dealkylation sites (tertiary alicyclic amines) is 1. The predicted octanol–water partition coefficient (Wildman–Crippen LogP) is 3.94. The van der Waals surface area contributed by atoms with Crippen molar-refractivity contribution in [3.05, 3.63) is 21.4 Å². The fourth-order valence-electron chi connectivity index (χ4n) is 4.81. The van der Waals surface area contributed by atoms with E-state index in [-0.39, 0.29) is 17.9 Å². The Labute approximate surface area is 168 Å². The molecule has 4 nitrogen and oxygen atoms in total. The number of fused-ring (bicyclic) bond motifs is 2. The molecule has 28 heavy (non-hydrogen) atoms. The molecule has 2 saturated carbocycles. The summed E-state index contributed by atoms with van der Waals surface area (Å²) in [6, 6.07) is 2.41. The number of halogens is 2. The van der Waals surface area contributed by atoms with Crippen LogP contribution in [0.3, 0.4) is 0 Å². The molecule has 4 aliphatic rings. The van der Waals surface area contributed by atoms with Crippen LogP contribution in [0.2, 0.25) is 0 Å². The average Bonchev–Trinajstić information content (AvgIpc) is 3.03. The molecule has 2 aliphatic heterocycles. The molecule has 1 saturated heterocycles. The zero-order valence-corrected chi connectivity index (χ0v) is 17.0. The van der Waals surface area contributed by atoms with E-state index in [9.17, 15) is 13.6 Å². The van der Waals surface area contributed by atoms with Gasteiger partial charge in [0.15, 0.2) is 0 Å². The van der Waals surface area contributed by atoms with E-state index in [1.807, 2.05) is 0 Å². The van der Waals surface area contributed by atoms with E-state index in [1.165, 1.54) is 16.9 Å². The molecule has 1 N–H and O–H groups in total. The summed E-state index contributed by atoms with van der Waals surface area (Å²) in [5.41, 5.74) is 0.912. The third-order valence-electron chi connectivity index (χ3n) is 7.08. The van der Waals surface area contributed by atoms with Gasteiger partial charge in [0.2, 0.25) is 0 Å². The zero-order valence-electron chi connectivity index (χ0n) is 16.1. The van der Waals surface area contributed by atoms with Crippen LogP contribution in [0.15, 0.2) is 6.07 Å². The molecule has 3 fully saturated rings. The molecular weight excluding hydrogens is 382 g/mol. The number of nitrogens with one attached hydrogen (secondary N) is 1. The second-order valence-corrected chi connectivity index (χ2v) is 10.1. The average molecular weight is 411 g/mol. The van der Waals surface area contributed by atoms with Gasteiger partial charge in [-0.15, -0.1) is 11.3 Å². The molecule has 1 amide bonds. The van der Waals surface area contributed by atoms with E-state index in [0.29, 0.717) is 19.1 Å². The van der Waals surface area contributed by atoms with Crippen molar-refractivity contribution in [1.29, 1.82) is 0 Å². The number of amides is 1. The largest absolute Gasteiger partial charge is 0.370 e. The first-order valence-corrected chi connectivity index (χ1v) is 11.5. The molecule has 5 rings (SSSR count). The molecule has 1 spiro atoms. The lowest BCUT2D eigenvalue weighted by Gasteiger charge is -2.44. The number of ether oxygens (including phenoxy) is 1. The van der Waals surface area contributed by atoms with E-state index < -0.39 is 11.8 Å². The second-order valence-electron chi connectivity index (χ2n) is 8.93. The van der Waals surface area contributed by atoms with Crippen LogP contribution in [-0.4, -0.2) is 49.0 Å². The summed E-state index contributed by atoms with van der Waals surface area (Å²) < 4.78 is 32.5. The summed E-state index contributed by atoms with van der Waals surface area (Å²) in [5.74, 6) is -2.76. The summed E-state index contributed by atoms with van der Waals surface area (Å²) >= 11 is 1.62. The fourth-order valence-corrected chi connectivity index (χ4v) is 5.94. The van der Waals surface area contributed by atoms with Crippen LogP contribution >= 0.6 is 11.3 Å². The van der Waals surface area contributed by atoms with Crippen LogP contribution < -0.4 is 5.32 Å². The van der Waals surface area contributed by atoms with Crippen molar-refractivity contribution in [3.8, 4) is 0 Å². The lowest BCUT2D eigenvalue weighted by Crippen LogP contribution is -2.46. The lowest BCUT2D eigenvalue weighted by molar-refractivity contribution is -0.0974. The maximum atomic E-state index is 13.1. The highest BCUT2D eigenvalue weighted by Gasteiger charge is 2.56. The molecule has 7 heteroatoms. The molecule has 0 aromatic carbocycles. The van der Waals surface area contributed by atoms with Crippen LogP contribution in [0.5, 0.6) is 0 Å². The molecule has 1 unspecified atom stereocenters. The van der Waals surface area contributed by atoms with Gasteiger partial charge in [0.25, 0.3) is 11.8 Å². The summed E-state index contributed by atoms with van der Waals surface area (Å²) in [6.45, 7) is 3.20. The lowest BCUT2D eigenvalue weighted by atomic mass is 9.82. The van der Waals surface area contributed by atoms with Crippen molar-refractivity contribution in [2.45, 2.75) is 68.9 Å². The van der Waals surface area contributed by atoms with Gasteiger partial charge in [-0.1, -0.05) is 0 Å². The van der Waals surface area contributed by atoms with E-state index in [4.69, 9.17) is 4.74 Å². The maximum Gasteiger partial charge on any atom is 0.261 e. The van der Waals surface area contributed by atoms with Gasteiger partial charge in [-0.25, -0.2) is 8.78 Å². The maximum absolute atomic E-state index is 13.1. The number of rotatable bonds is 5. The molecule has 3 heterocycles. The Kier molecular flexibility index (Phi) is 4.75. The minimum absolute atomic E-state index is 0.0575. The van der Waals surface area contributed by atoms with Crippen molar-refractivity contribution in [2.75, 3.05) is 26.2 Å². The highest BCUT2D eigenvalue weighted by molar-refractivity contribution is 7.14. The van der Waals surface area contributed by atoms with E-state index in [0.717, 1.165) is 56.6 Å². The third-order valence-corrected chi connectivity index (χ3v) is 8.28. The Morgan fingerprint density at radius 1 is 1.32 bits per heavy atom. The summed E-state index contributed by atoms with van der Waals surface area (Å²) in [6.07, 6.45) is 6.67. The Balaban J connectivity index is 1.23. The zero-order chi connectivity index (χ0) is 19.4. The number of carbonyl (C=O) groups is 1. The SMILES string of the molecule is O=C(NC1CCC1)c1cc2c(s1)CCOC21CCN(CCC2CC2(F)F)CC1. The van der Waals surface area contributed by atoms with Gasteiger partial charge in [0, 0.05) is 42.8 Å². The van der Waals surface area contributed by atoms with Gasteiger partial charge < -0.3 is 15.0 Å². The van der Waals surface area contributed by atoms with Crippen LogP contribution in [0, 0.1) is 5.92 Å². The monoisotopic (exact) mass is 410 g/mol. The topological polar surface area (TPSA) is 41.6 Å². The molecule has 0 bridgehead atoms. The van der Waals surface area contributed by atoms with Gasteiger partial charge in [-0.3, -0.25) is 4.79 Å². The van der Waals surface area contributed by atoms with E-state index in [2.05, 4.69) is 16.3 Å². The molecule has 1 aromatic rings. The number of nitrogens with zero attached hydrogens (tertiary/aromatic N) is 1. The fraction of sp³-hybridized carbons (Fsp3) is 0.762. The quantitative estimate of drug-likeness (QED) is 0.800. The number of piperidine rings is 1. The molecule has 2 aliphatic carbocycles. The van der Waals surface area contributed by atoms with Crippen molar-refractivity contribution in [1.82, 2.24) is 10.2 Å². The highest BCUT2D eigenvalue weighted by atomic mass is 32.1. The normalized spacial score (nSPS) is 28.6. The van der Waals surface area contributed by atoms with Gasteiger partial charge in [-0.2, -0.15) is 0 Å². The Bertz CT molecular complexity index is 754. The van der Waals surface area contributed by atoms with E-state index >= 15 is 0 Å². The van der Waals surface area contributed by atoms with Crippen LogP contribution in [0.4, 0.5) is 8.78 Å². The molecule has 0 radical (unpaired) electrons. The third kappa shape index (κ3) is 3.50. The number of hydrogen-bond acceptors (Lipinski definition) is 4. The van der Waals surface area contributed by atoms with Crippen molar-refractivity contribution in [2.24, 2.45) is 5.92 Å². The highest BCUT2D eigenvalue weighted by Crippen LogP contribution is 2.51. The Hall–Kier alpha value is -1.05. The molecule has 154 valence electrons. The van der Waals surface area contributed by atoms with Crippen LogP contribution in [0.25, 0.3) is 0 Å². The van der Waals surface area contributed by atoms with E-state index in [1.54, 1.807) is 11.3 Å². The number of hydrogen-bond donors (Lipinski definition) is 1. The first-order valence-electron chi connectivity index (χ1n) is 10.6. The Morgan fingerprint density at radius 3 is 2.71 bits per heavy atom. The van der Waals surface area contributed by atoms with Gasteiger partial charge in [0.1, 0.15) is 0 Å². The van der Waals surface area contributed by atoms with Gasteiger partial charge in [0.05, 0.1) is 17.1 Å². The first kappa shape index (κ1) is 18.9. The van der Waals surface area contributed by atoms with Gasteiger partial charge in [-0.05, 0) is 56.7 Å². The smallest absolute Gasteiger partial charge is 0.261 e. The first-order chi connectivity index (χ1) is 13.5.